The topological polar surface area (TPSA) is 52.6 Å². The van der Waals surface area contributed by atoms with Crippen LogP contribution >= 0.6 is 15.9 Å². The Morgan fingerprint density at radius 3 is 1.68 bits per heavy atom. The second-order valence-electron chi connectivity index (χ2n) is 2.80. The number of carbonyl (C=O) groups excluding carboxylic acids is 2. The van der Waals surface area contributed by atoms with Gasteiger partial charge in [0.15, 0.2) is 0 Å². The van der Waals surface area contributed by atoms with Crippen LogP contribution in [-0.4, -0.2) is 16.3 Å². The Morgan fingerprint density at radius 1 is 1.26 bits per heavy atom. The van der Waals surface area contributed by atoms with E-state index in [2.05, 4.69) is 68.9 Å². The fourth-order valence-electron chi connectivity index (χ4n) is 0.306. The molecule has 0 amide bonds. The van der Waals surface area contributed by atoms with E-state index >= 15 is 0 Å². The molecule has 0 N–H and O–H groups in total. The zero-order valence-electron chi connectivity index (χ0n) is 10.7. The van der Waals surface area contributed by atoms with Gasteiger partial charge in [-0.25, -0.2) is 0 Å². The van der Waals surface area contributed by atoms with Crippen LogP contribution in [0.4, 0.5) is 0 Å². The van der Waals surface area contributed by atoms with Gasteiger partial charge < -0.3 is 32.8 Å². The van der Waals surface area contributed by atoms with Gasteiger partial charge in [0.1, 0.15) is 10.7 Å². The van der Waals surface area contributed by atoms with Crippen LogP contribution < -0.4 is 0 Å². The monoisotopic (exact) mass is 518 g/mol. The number of rotatable bonds is 2. The number of terminal acetylenes is 1. The van der Waals surface area contributed by atoms with Crippen molar-refractivity contribution in [2.75, 3.05) is 0 Å². The molecule has 0 fully saturated rings. The summed E-state index contributed by atoms with van der Waals surface area (Å²) in [6.07, 6.45) is 4.73. The zero-order valence-corrected chi connectivity index (χ0v) is 19.6. The van der Waals surface area contributed by atoms with Crippen molar-refractivity contribution < 1.29 is 84.5 Å². The largest absolute Gasteiger partial charge is 1.00 e. The minimum absolute atomic E-state index is 0. The molecule has 106 valence electrons. The fourth-order valence-corrected chi connectivity index (χ4v) is 0.420. The average molecular weight is 519 g/mol. The normalized spacial score (nSPS) is 7.47. The second kappa shape index (κ2) is 22.2. The van der Waals surface area contributed by atoms with Gasteiger partial charge in [-0.3, -0.25) is 9.59 Å². The number of hydrogen-bond acceptors (Lipinski definition) is 6. The van der Waals surface area contributed by atoms with Gasteiger partial charge >= 0.3 is 0 Å². The van der Waals surface area contributed by atoms with Gasteiger partial charge in [0.25, 0.3) is 11.9 Å². The molecule has 2 radical (unpaired) electrons. The smallest absolute Gasteiger partial charge is 0.290 e. The van der Waals surface area contributed by atoms with Gasteiger partial charge in [-0.15, -0.1) is 6.42 Å². The molecule has 0 bridgehead atoms. The summed E-state index contributed by atoms with van der Waals surface area (Å²) in [5.41, 5.74) is 0. The van der Waals surface area contributed by atoms with Crippen molar-refractivity contribution in [1.29, 1.82) is 0 Å². The predicted octanol–water partition coefficient (Wildman–Crippen LogP) is 1.83. The van der Waals surface area contributed by atoms with Crippen LogP contribution in [0.5, 0.6) is 0 Å². The van der Waals surface area contributed by atoms with E-state index in [1.54, 1.807) is 13.8 Å². The Kier molecular flexibility index (Phi) is 38.2. The van der Waals surface area contributed by atoms with Gasteiger partial charge in [-0.1, -0.05) is 21.9 Å². The van der Waals surface area contributed by atoms with E-state index in [0.717, 1.165) is 0 Å². The maximum Gasteiger partial charge on any atom is 0.290 e. The van der Waals surface area contributed by atoms with E-state index in [9.17, 15) is 9.59 Å². The van der Waals surface area contributed by atoms with Crippen molar-refractivity contribution in [3.8, 4) is 12.3 Å². The summed E-state index contributed by atoms with van der Waals surface area (Å²) in [5.74, 6) is 1.27. The molecule has 0 rings (SSSR count). The Morgan fingerprint density at radius 2 is 1.63 bits per heavy atom. The van der Waals surface area contributed by atoms with Crippen LogP contribution in [0.1, 0.15) is 20.3 Å². The first-order chi connectivity index (χ1) is 7.79. The van der Waals surface area contributed by atoms with E-state index in [1.807, 2.05) is 0 Å². The first-order valence-electron chi connectivity index (χ1n) is 4.00. The number of alkyl halides is 1. The van der Waals surface area contributed by atoms with Crippen molar-refractivity contribution in [3.63, 3.8) is 0 Å². The quantitative estimate of drug-likeness (QED) is 0.139. The molecule has 0 atom stereocenters. The molecule has 0 aromatic heterocycles. The van der Waals surface area contributed by atoms with E-state index in [-0.39, 0.29) is 77.8 Å². The number of carbonyl (C=O) groups is 2. The molecule has 19 heavy (non-hydrogen) atoms. The van der Waals surface area contributed by atoms with E-state index in [0.29, 0.717) is 0 Å². The van der Waals surface area contributed by atoms with Crippen molar-refractivity contribution >= 4 is 51.2 Å². The summed E-state index contributed by atoms with van der Waals surface area (Å²) in [7, 11) is 5.83. The van der Waals surface area contributed by atoms with Crippen LogP contribution in [0, 0.1) is 26.6 Å². The summed E-state index contributed by atoms with van der Waals surface area (Å²) in [6, 6.07) is 0. The molecule has 0 aliphatic carbocycles. The molecule has 0 saturated carbocycles. The summed E-state index contributed by atoms with van der Waals surface area (Å²) in [4.78, 5) is 20.5. The molecule has 0 unspecified atom stereocenters. The van der Waals surface area contributed by atoms with Crippen molar-refractivity contribution in [3.05, 3.63) is 14.2 Å². The molecule has 0 aromatic rings. The maximum absolute atomic E-state index is 10.5. The molecular formula is C10H13BrO4S2Y2-4. The second-order valence-corrected chi connectivity index (χ2v) is 4.78. The number of hydrogen-bond donors (Lipinski definition) is 0. The minimum atomic E-state index is -0.602. The average Bonchev–Trinajstić information content (AvgIpc) is 2.30. The van der Waals surface area contributed by atoms with E-state index in [1.165, 1.54) is 0 Å². The minimum Gasteiger partial charge on any atom is -1.00 e. The first-order valence-corrected chi connectivity index (χ1v) is 6.12. The standard InChI is InChI=1S/C5H8BrO2.C5H5O2.S2.2Y/c1-5(2,6)4(7)8-3;1-3-4-5(6)7-2;1-2;;/h3H2,1-2H3;1H,2,4H2;;;/q2*-1;-2;;. The Balaban J connectivity index is -0.0000000558. The number of esters is 2. The molecule has 0 spiro atoms. The Labute approximate surface area is 184 Å². The third kappa shape index (κ3) is 28.7. The Hall–Kier alpha value is 1.89. The summed E-state index contributed by atoms with van der Waals surface area (Å²) in [5, 5.41) is 0. The SMILES string of the molecule is C#CCC(=O)O[CH2-].[CH2-]OC(=O)C(C)(C)Br.[S-][S-].[Y].[Y]. The summed E-state index contributed by atoms with van der Waals surface area (Å²) < 4.78 is 7.54. The number of halogens is 1. The summed E-state index contributed by atoms with van der Waals surface area (Å²) in [6.45, 7) is 3.39. The third-order valence-corrected chi connectivity index (χ3v) is 1.35. The van der Waals surface area contributed by atoms with Crippen LogP contribution in [-0.2, 0) is 108 Å². The van der Waals surface area contributed by atoms with Gasteiger partial charge in [0, 0.05) is 65.4 Å². The Bertz CT molecular complexity index is 265. The van der Waals surface area contributed by atoms with Crippen LogP contribution in [0.15, 0.2) is 0 Å². The molecule has 4 nitrogen and oxygen atoms in total. The van der Waals surface area contributed by atoms with Crippen LogP contribution in [0.2, 0.25) is 0 Å². The molecule has 0 aliphatic heterocycles. The fraction of sp³-hybridized carbons (Fsp3) is 0.400. The van der Waals surface area contributed by atoms with Crippen molar-refractivity contribution in [2.45, 2.75) is 24.6 Å². The van der Waals surface area contributed by atoms with Crippen LogP contribution in [0.3, 0.4) is 0 Å². The first kappa shape index (κ1) is 32.7. The van der Waals surface area contributed by atoms with Crippen LogP contribution in [0.25, 0.3) is 0 Å². The zero-order chi connectivity index (χ0) is 14.5. The van der Waals surface area contributed by atoms with Gasteiger partial charge in [0.2, 0.25) is 0 Å². The predicted molar refractivity (Wildman–Crippen MR) is 74.1 cm³/mol. The molecule has 0 saturated heterocycles. The maximum atomic E-state index is 10.5. The molecule has 0 aromatic carbocycles. The molecule has 0 heterocycles. The van der Waals surface area contributed by atoms with Gasteiger partial charge in [-0.05, 0) is 13.8 Å². The van der Waals surface area contributed by atoms with Gasteiger partial charge in [-0.2, -0.15) is 14.2 Å². The van der Waals surface area contributed by atoms with E-state index < -0.39 is 10.3 Å². The molecule has 0 aliphatic rings. The molecule has 9 heteroatoms. The van der Waals surface area contributed by atoms with Crippen molar-refractivity contribution in [2.24, 2.45) is 0 Å². The van der Waals surface area contributed by atoms with Crippen molar-refractivity contribution in [1.82, 2.24) is 0 Å². The third-order valence-electron chi connectivity index (χ3n) is 1.02. The van der Waals surface area contributed by atoms with E-state index in [4.69, 9.17) is 6.42 Å². The molecular weight excluding hydrogens is 506 g/mol. The summed E-state index contributed by atoms with van der Waals surface area (Å²) >= 11 is 10.4. The van der Waals surface area contributed by atoms with Gasteiger partial charge in [0.05, 0.1) is 0 Å². The number of ether oxygens (including phenoxy) is 2.